The van der Waals surface area contributed by atoms with Crippen LogP contribution in [0.25, 0.3) is 10.9 Å². The molecule has 4 aromatic rings. The summed E-state index contributed by atoms with van der Waals surface area (Å²) in [7, 11) is 0. The minimum atomic E-state index is -1.07. The number of nitrogen functional groups attached to an aromatic ring is 1. The first kappa shape index (κ1) is 28.8. The number of aliphatic carboxylic acids is 1. The van der Waals surface area contributed by atoms with E-state index >= 15 is 0 Å². The summed E-state index contributed by atoms with van der Waals surface area (Å²) in [5.41, 5.74) is 8.99. The summed E-state index contributed by atoms with van der Waals surface area (Å²) < 4.78 is 5.56. The number of rotatable bonds is 10. The Balaban J connectivity index is 0.00000420. The number of carbonyl (C=O) groups excluding carboxylic acids is 2. The Kier molecular flexibility index (Phi) is 9.34. The lowest BCUT2D eigenvalue weighted by Crippen LogP contribution is -2.36. The number of anilines is 1. The van der Waals surface area contributed by atoms with Gasteiger partial charge in [0.1, 0.15) is 23.7 Å². The van der Waals surface area contributed by atoms with E-state index in [0.717, 1.165) is 16.0 Å². The normalized spacial score (nSPS) is 10.5. The maximum Gasteiger partial charge on any atom is 0.420 e. The maximum absolute atomic E-state index is 13.2. The summed E-state index contributed by atoms with van der Waals surface area (Å²) in [4.78, 5) is 49.4. The zero-order chi connectivity index (χ0) is 27.2. The number of carboxylic acids is 1. The van der Waals surface area contributed by atoms with Crippen molar-refractivity contribution in [1.29, 1.82) is 5.41 Å². The van der Waals surface area contributed by atoms with Gasteiger partial charge in [-0.15, -0.1) is 12.4 Å². The highest BCUT2D eigenvalue weighted by Gasteiger charge is 2.22. The van der Waals surface area contributed by atoms with E-state index in [0.29, 0.717) is 28.6 Å². The smallest absolute Gasteiger partial charge is 0.420 e. The third-order valence-electron chi connectivity index (χ3n) is 5.96. The van der Waals surface area contributed by atoms with Crippen LogP contribution in [-0.4, -0.2) is 50.3 Å². The molecule has 0 bridgehead atoms. The van der Waals surface area contributed by atoms with Crippen molar-refractivity contribution in [2.45, 2.75) is 26.2 Å². The number of ketones is 1. The van der Waals surface area contributed by atoms with Crippen LogP contribution >= 0.6 is 12.4 Å². The second kappa shape index (κ2) is 12.7. The number of amidine groups is 1. The average Bonchev–Trinajstić information content (AvgIpc) is 3.23. The van der Waals surface area contributed by atoms with E-state index in [9.17, 15) is 14.4 Å². The molecule has 2 aromatic heterocycles. The van der Waals surface area contributed by atoms with Gasteiger partial charge in [-0.2, -0.15) is 0 Å². The SMILES string of the molecule is Cc1[nH]c2ccc(OC(=O)N(CCC(=O)O)c3ccncn3)cc2c1C(=O)CCc1ccc(C(=N)N)cc1.Cl. The highest BCUT2D eigenvalue weighted by Crippen LogP contribution is 2.28. The summed E-state index contributed by atoms with van der Waals surface area (Å²) in [6.07, 6.45) is 2.35. The number of carboxylic acid groups (broad SMARTS) is 1. The Hall–Kier alpha value is -4.77. The number of hydrogen-bond donors (Lipinski definition) is 4. The number of nitrogens with zero attached hydrogens (tertiary/aromatic N) is 3. The van der Waals surface area contributed by atoms with Crippen molar-refractivity contribution in [2.24, 2.45) is 5.73 Å². The van der Waals surface area contributed by atoms with Crippen molar-refractivity contribution in [2.75, 3.05) is 11.4 Å². The van der Waals surface area contributed by atoms with Gasteiger partial charge in [-0.25, -0.2) is 14.8 Å². The van der Waals surface area contributed by atoms with Crippen molar-refractivity contribution in [3.05, 3.63) is 83.4 Å². The molecule has 2 aromatic carbocycles. The summed E-state index contributed by atoms with van der Waals surface area (Å²) in [6, 6.07) is 13.6. The molecule has 0 unspecified atom stereocenters. The molecular formula is C27H27ClN6O5. The van der Waals surface area contributed by atoms with Crippen LogP contribution in [0.15, 0.2) is 61.1 Å². The number of nitrogens with one attached hydrogen (secondary N) is 2. The topological polar surface area (TPSA) is 175 Å². The number of H-pyrrole nitrogens is 1. The number of ether oxygens (including phenoxy) is 1. The maximum atomic E-state index is 13.2. The summed E-state index contributed by atoms with van der Waals surface area (Å²) in [5, 5.41) is 17.2. The first-order chi connectivity index (χ1) is 18.2. The molecule has 1 amide bonds. The number of halogens is 1. The van der Waals surface area contributed by atoms with Crippen molar-refractivity contribution in [3.8, 4) is 5.75 Å². The quantitative estimate of drug-likeness (QED) is 0.128. The molecule has 12 heteroatoms. The van der Waals surface area contributed by atoms with E-state index in [4.69, 9.17) is 21.0 Å². The molecular weight excluding hydrogens is 524 g/mol. The second-order valence-corrected chi connectivity index (χ2v) is 8.60. The molecule has 0 saturated carbocycles. The van der Waals surface area contributed by atoms with Gasteiger partial charge in [-0.1, -0.05) is 24.3 Å². The van der Waals surface area contributed by atoms with Gasteiger partial charge in [0.15, 0.2) is 5.78 Å². The fourth-order valence-corrected chi connectivity index (χ4v) is 4.07. The number of amides is 1. The first-order valence-corrected chi connectivity index (χ1v) is 11.8. The molecule has 0 fully saturated rings. The third kappa shape index (κ3) is 6.96. The standard InChI is InChI=1S/C27H26N6O5.ClH/c1-16-25(22(34)9-4-17-2-5-18(6-3-17)26(28)29)20-14-19(7-8-21(20)32-16)38-27(37)33(13-11-24(35)36)23-10-12-30-15-31-23;/h2-3,5-8,10,12,14-15,32H,4,9,11,13H2,1H3,(H3,28,29)(H,35,36);1H. The van der Waals surface area contributed by atoms with Crippen LogP contribution in [0.2, 0.25) is 0 Å². The van der Waals surface area contributed by atoms with Crippen LogP contribution in [0.4, 0.5) is 10.6 Å². The van der Waals surface area contributed by atoms with Gasteiger partial charge in [-0.3, -0.25) is 19.9 Å². The monoisotopic (exact) mass is 550 g/mol. The molecule has 0 aliphatic rings. The van der Waals surface area contributed by atoms with Crippen LogP contribution < -0.4 is 15.4 Å². The fraction of sp³-hybridized carbons (Fsp3) is 0.185. The Morgan fingerprint density at radius 1 is 1.10 bits per heavy atom. The number of fused-ring (bicyclic) bond motifs is 1. The van der Waals surface area contributed by atoms with Gasteiger partial charge < -0.3 is 20.6 Å². The molecule has 0 radical (unpaired) electrons. The number of hydrogen-bond acceptors (Lipinski definition) is 7. The Morgan fingerprint density at radius 2 is 1.85 bits per heavy atom. The first-order valence-electron chi connectivity index (χ1n) is 11.8. The number of benzene rings is 2. The summed E-state index contributed by atoms with van der Waals surface area (Å²) in [5.74, 6) is -0.752. The lowest BCUT2D eigenvalue weighted by molar-refractivity contribution is -0.136. The number of nitrogens with two attached hydrogens (primary N) is 1. The van der Waals surface area contributed by atoms with Crippen LogP contribution in [0.1, 0.15) is 40.0 Å². The molecule has 11 nitrogen and oxygen atoms in total. The molecule has 0 aliphatic carbocycles. The molecule has 39 heavy (non-hydrogen) atoms. The molecule has 4 rings (SSSR count). The number of carbonyl (C=O) groups is 3. The number of aryl methyl sites for hydroxylation is 2. The molecule has 2 heterocycles. The lowest BCUT2D eigenvalue weighted by atomic mass is 9.99. The minimum absolute atomic E-state index is 0. The van der Waals surface area contributed by atoms with Crippen molar-refractivity contribution in [1.82, 2.24) is 15.0 Å². The Bertz CT molecular complexity index is 1500. The van der Waals surface area contributed by atoms with Gasteiger partial charge in [-0.05, 0) is 43.2 Å². The summed E-state index contributed by atoms with van der Waals surface area (Å²) in [6.45, 7) is 1.66. The van der Waals surface area contributed by atoms with E-state index < -0.39 is 12.1 Å². The highest BCUT2D eigenvalue weighted by molar-refractivity contribution is 6.09. The predicted molar refractivity (Wildman–Crippen MR) is 148 cm³/mol. The van der Waals surface area contributed by atoms with Gasteiger partial charge in [0.25, 0.3) is 0 Å². The van der Waals surface area contributed by atoms with E-state index in [1.54, 1.807) is 30.3 Å². The van der Waals surface area contributed by atoms with Gasteiger partial charge in [0.2, 0.25) is 0 Å². The lowest BCUT2D eigenvalue weighted by Gasteiger charge is -2.20. The Morgan fingerprint density at radius 3 is 2.49 bits per heavy atom. The Labute approximate surface area is 229 Å². The fourth-order valence-electron chi connectivity index (χ4n) is 4.07. The van der Waals surface area contributed by atoms with E-state index in [1.165, 1.54) is 18.6 Å². The van der Waals surface area contributed by atoms with Crippen molar-refractivity contribution >= 4 is 52.8 Å². The van der Waals surface area contributed by atoms with Crippen LogP contribution in [-0.2, 0) is 11.2 Å². The molecule has 0 saturated heterocycles. The third-order valence-corrected chi connectivity index (χ3v) is 5.96. The van der Waals surface area contributed by atoms with Crippen LogP contribution in [0, 0.1) is 12.3 Å². The average molecular weight is 551 g/mol. The summed E-state index contributed by atoms with van der Waals surface area (Å²) >= 11 is 0. The van der Waals surface area contributed by atoms with E-state index in [-0.39, 0.29) is 55.0 Å². The molecule has 5 N–H and O–H groups in total. The van der Waals surface area contributed by atoms with E-state index in [1.807, 2.05) is 19.1 Å². The predicted octanol–water partition coefficient (Wildman–Crippen LogP) is 4.27. The number of Topliss-reactive ketones (excluding diaryl/α,β-unsaturated/α-hetero) is 1. The molecule has 0 aliphatic heterocycles. The number of aromatic amines is 1. The zero-order valence-corrected chi connectivity index (χ0v) is 21.8. The van der Waals surface area contributed by atoms with Crippen molar-refractivity contribution < 1.29 is 24.2 Å². The van der Waals surface area contributed by atoms with Gasteiger partial charge in [0, 0.05) is 46.9 Å². The highest BCUT2D eigenvalue weighted by atomic mass is 35.5. The van der Waals surface area contributed by atoms with E-state index in [2.05, 4.69) is 15.0 Å². The van der Waals surface area contributed by atoms with Gasteiger partial charge in [0.05, 0.1) is 6.42 Å². The van der Waals surface area contributed by atoms with Crippen LogP contribution in [0.5, 0.6) is 5.75 Å². The molecule has 0 spiro atoms. The zero-order valence-electron chi connectivity index (χ0n) is 21.0. The minimum Gasteiger partial charge on any atom is -0.481 e. The largest absolute Gasteiger partial charge is 0.481 e. The van der Waals surface area contributed by atoms with Crippen molar-refractivity contribution in [3.63, 3.8) is 0 Å². The molecule has 0 atom stereocenters. The second-order valence-electron chi connectivity index (χ2n) is 8.60. The molecule has 202 valence electrons. The number of aromatic nitrogens is 3. The van der Waals surface area contributed by atoms with Gasteiger partial charge >= 0.3 is 12.1 Å². The van der Waals surface area contributed by atoms with Crippen LogP contribution in [0.3, 0.4) is 0 Å².